The third-order valence-corrected chi connectivity index (χ3v) is 6.81. The molecule has 1 atom stereocenters. The number of thiophene rings is 1. The fraction of sp³-hybridized carbons (Fsp3) is 0.556. The normalized spacial score (nSPS) is 20.9. The van der Waals surface area contributed by atoms with Gasteiger partial charge in [0.15, 0.2) is 0 Å². The van der Waals surface area contributed by atoms with Crippen LogP contribution in [0.5, 0.6) is 0 Å². The molecule has 130 valence electrons. The fourth-order valence-electron chi connectivity index (χ4n) is 3.47. The maximum Gasteiger partial charge on any atom is 0.226 e. The molecule has 1 fully saturated rings. The maximum absolute atomic E-state index is 12.3. The number of carbonyl (C=O) groups is 1. The van der Waals surface area contributed by atoms with Crippen molar-refractivity contribution in [1.29, 1.82) is 0 Å². The van der Waals surface area contributed by atoms with Crippen LogP contribution >= 0.6 is 22.7 Å². The van der Waals surface area contributed by atoms with Crippen molar-refractivity contribution in [1.82, 2.24) is 15.2 Å². The molecule has 0 radical (unpaired) electrons. The second kappa shape index (κ2) is 7.33. The molecule has 0 aromatic carbocycles. The Morgan fingerprint density at radius 1 is 1.46 bits per heavy atom. The Balaban J connectivity index is 1.54. The highest BCUT2D eigenvalue weighted by Gasteiger charge is 2.35. The quantitative estimate of drug-likeness (QED) is 0.882. The smallest absolute Gasteiger partial charge is 0.226 e. The van der Waals surface area contributed by atoms with Gasteiger partial charge in [-0.05, 0) is 43.3 Å². The standard InChI is InChI=1S/C18H25N3OS2/c1-18(2)7-5-8-21(3)15(18)11-19-16(22)10-13-12-24-17(20-13)14-6-4-9-23-14/h4,6,9,12,15H,5,7-8,10-11H2,1-3H3,(H,19,22)/t15-/m0/s1. The number of amides is 1. The fourth-order valence-corrected chi connectivity index (χ4v) is 5.11. The summed E-state index contributed by atoms with van der Waals surface area (Å²) >= 11 is 3.29. The molecule has 1 saturated heterocycles. The van der Waals surface area contributed by atoms with Gasteiger partial charge < -0.3 is 10.2 Å². The van der Waals surface area contributed by atoms with Crippen molar-refractivity contribution in [2.75, 3.05) is 20.1 Å². The lowest BCUT2D eigenvalue weighted by molar-refractivity contribution is -0.121. The van der Waals surface area contributed by atoms with Gasteiger partial charge in [0.1, 0.15) is 5.01 Å². The minimum atomic E-state index is 0.0628. The van der Waals surface area contributed by atoms with Crippen molar-refractivity contribution in [2.45, 2.75) is 39.2 Å². The van der Waals surface area contributed by atoms with Crippen molar-refractivity contribution in [3.63, 3.8) is 0 Å². The number of nitrogens with zero attached hydrogens (tertiary/aromatic N) is 2. The SMILES string of the molecule is CN1CCCC(C)(C)[C@@H]1CNC(=O)Cc1csc(-c2cccs2)n1. The first-order valence-corrected chi connectivity index (χ1v) is 10.2. The van der Waals surface area contributed by atoms with E-state index in [2.05, 4.69) is 42.2 Å². The lowest BCUT2D eigenvalue weighted by atomic mass is 9.76. The number of aromatic nitrogens is 1. The van der Waals surface area contributed by atoms with Crippen LogP contribution in [-0.4, -0.2) is 42.0 Å². The van der Waals surface area contributed by atoms with Gasteiger partial charge in [-0.2, -0.15) is 0 Å². The lowest BCUT2D eigenvalue weighted by Crippen LogP contribution is -2.53. The maximum atomic E-state index is 12.3. The first-order valence-electron chi connectivity index (χ1n) is 8.41. The largest absolute Gasteiger partial charge is 0.354 e. The van der Waals surface area contributed by atoms with Crippen LogP contribution in [0.2, 0.25) is 0 Å². The van der Waals surface area contributed by atoms with Crippen LogP contribution in [0.15, 0.2) is 22.9 Å². The first kappa shape index (κ1) is 17.6. The van der Waals surface area contributed by atoms with Crippen molar-refractivity contribution < 1.29 is 4.79 Å². The van der Waals surface area contributed by atoms with Gasteiger partial charge in [-0.15, -0.1) is 22.7 Å². The molecular formula is C18H25N3OS2. The molecule has 1 N–H and O–H groups in total. The summed E-state index contributed by atoms with van der Waals surface area (Å²) in [6.07, 6.45) is 2.81. The summed E-state index contributed by atoms with van der Waals surface area (Å²) in [7, 11) is 2.16. The van der Waals surface area contributed by atoms with Crippen molar-refractivity contribution in [2.24, 2.45) is 5.41 Å². The van der Waals surface area contributed by atoms with Gasteiger partial charge in [0.25, 0.3) is 0 Å². The van der Waals surface area contributed by atoms with Crippen molar-refractivity contribution in [3.05, 3.63) is 28.6 Å². The molecule has 3 heterocycles. The summed E-state index contributed by atoms with van der Waals surface area (Å²) in [5.41, 5.74) is 1.10. The molecular weight excluding hydrogens is 338 g/mol. The van der Waals surface area contributed by atoms with E-state index in [-0.39, 0.29) is 11.3 Å². The topological polar surface area (TPSA) is 45.2 Å². The number of likely N-dealkylation sites (tertiary alicyclic amines) is 1. The molecule has 0 unspecified atom stereocenters. The predicted octanol–water partition coefficient (Wildman–Crippen LogP) is 3.65. The van der Waals surface area contributed by atoms with Crippen LogP contribution in [0.3, 0.4) is 0 Å². The van der Waals surface area contributed by atoms with E-state index in [1.807, 2.05) is 16.8 Å². The molecule has 2 aromatic rings. The predicted molar refractivity (Wildman–Crippen MR) is 102 cm³/mol. The molecule has 6 heteroatoms. The summed E-state index contributed by atoms with van der Waals surface area (Å²) in [5.74, 6) is 0.0628. The molecule has 0 spiro atoms. The van der Waals surface area contributed by atoms with Crippen LogP contribution in [0.1, 0.15) is 32.4 Å². The number of thiazole rings is 1. The van der Waals surface area contributed by atoms with E-state index in [0.717, 1.165) is 22.1 Å². The molecule has 2 aromatic heterocycles. The molecule has 1 amide bonds. The van der Waals surface area contributed by atoms with Crippen molar-refractivity contribution in [3.8, 4) is 9.88 Å². The molecule has 0 aliphatic carbocycles. The second-order valence-electron chi connectivity index (χ2n) is 7.19. The zero-order chi connectivity index (χ0) is 17.2. The number of nitrogens with one attached hydrogen (secondary N) is 1. The van der Waals surface area contributed by atoms with Crippen LogP contribution in [0, 0.1) is 5.41 Å². The molecule has 1 aliphatic rings. The molecule has 1 aliphatic heterocycles. The van der Waals surface area contributed by atoms with Crippen molar-refractivity contribution >= 4 is 28.6 Å². The third-order valence-electron chi connectivity index (χ3n) is 4.88. The highest BCUT2D eigenvalue weighted by atomic mass is 32.1. The minimum Gasteiger partial charge on any atom is -0.354 e. The van der Waals surface area contributed by atoms with Gasteiger partial charge in [0.2, 0.25) is 5.91 Å². The summed E-state index contributed by atoms with van der Waals surface area (Å²) in [6.45, 7) is 6.42. The van der Waals surface area contributed by atoms with E-state index in [1.165, 1.54) is 12.8 Å². The van der Waals surface area contributed by atoms with E-state index in [0.29, 0.717) is 19.0 Å². The van der Waals surface area contributed by atoms with Gasteiger partial charge >= 0.3 is 0 Å². The zero-order valence-corrected chi connectivity index (χ0v) is 16.2. The first-order chi connectivity index (χ1) is 11.5. The average molecular weight is 364 g/mol. The molecule has 3 rings (SSSR count). The van der Waals surface area contributed by atoms with Gasteiger partial charge in [-0.25, -0.2) is 4.98 Å². The number of hydrogen-bond acceptors (Lipinski definition) is 5. The number of likely N-dealkylation sites (N-methyl/N-ethyl adjacent to an activating group) is 1. The third kappa shape index (κ3) is 4.05. The highest BCUT2D eigenvalue weighted by Crippen LogP contribution is 2.34. The summed E-state index contributed by atoms with van der Waals surface area (Å²) in [6, 6.07) is 4.48. The number of hydrogen-bond donors (Lipinski definition) is 1. The number of carbonyl (C=O) groups excluding carboxylic acids is 1. The number of rotatable bonds is 5. The Hall–Kier alpha value is -1.24. The number of piperidine rings is 1. The van der Waals surface area contributed by atoms with Crippen LogP contribution in [-0.2, 0) is 11.2 Å². The highest BCUT2D eigenvalue weighted by molar-refractivity contribution is 7.20. The minimum absolute atomic E-state index is 0.0628. The summed E-state index contributed by atoms with van der Waals surface area (Å²) in [4.78, 5) is 20.4. The zero-order valence-electron chi connectivity index (χ0n) is 14.5. The Kier molecular flexibility index (Phi) is 5.37. The van der Waals surface area contributed by atoms with E-state index in [9.17, 15) is 4.79 Å². The summed E-state index contributed by atoms with van der Waals surface area (Å²) < 4.78 is 0. The Morgan fingerprint density at radius 2 is 2.29 bits per heavy atom. The Morgan fingerprint density at radius 3 is 3.00 bits per heavy atom. The van der Waals surface area contributed by atoms with E-state index < -0.39 is 0 Å². The molecule has 4 nitrogen and oxygen atoms in total. The van der Waals surface area contributed by atoms with Crippen LogP contribution in [0.25, 0.3) is 9.88 Å². The van der Waals surface area contributed by atoms with Gasteiger partial charge in [-0.3, -0.25) is 4.79 Å². The molecule has 24 heavy (non-hydrogen) atoms. The van der Waals surface area contributed by atoms with Gasteiger partial charge in [0, 0.05) is 18.0 Å². The summed E-state index contributed by atoms with van der Waals surface area (Å²) in [5, 5.41) is 8.16. The molecule has 0 saturated carbocycles. The van der Waals surface area contributed by atoms with Gasteiger partial charge in [0.05, 0.1) is 17.0 Å². The van der Waals surface area contributed by atoms with Gasteiger partial charge in [-0.1, -0.05) is 19.9 Å². The average Bonchev–Trinajstić information content (AvgIpc) is 3.16. The Labute approximate surface area is 151 Å². The second-order valence-corrected chi connectivity index (χ2v) is 9.00. The molecule has 0 bridgehead atoms. The lowest BCUT2D eigenvalue weighted by Gasteiger charge is -2.45. The van der Waals surface area contributed by atoms with Crippen LogP contribution in [0.4, 0.5) is 0 Å². The van der Waals surface area contributed by atoms with Crippen LogP contribution < -0.4 is 5.32 Å². The monoisotopic (exact) mass is 363 g/mol. The Bertz CT molecular complexity index is 678. The van der Waals surface area contributed by atoms with E-state index in [1.54, 1.807) is 22.7 Å². The van der Waals surface area contributed by atoms with E-state index >= 15 is 0 Å². The van der Waals surface area contributed by atoms with E-state index in [4.69, 9.17) is 0 Å².